The minimum Gasteiger partial charge on any atom is -0.478 e. The molecule has 0 unspecified atom stereocenters. The Morgan fingerprint density at radius 1 is 1.28 bits per heavy atom. The summed E-state index contributed by atoms with van der Waals surface area (Å²) in [6.45, 7) is 6.39. The van der Waals surface area contributed by atoms with Crippen LogP contribution in [0.4, 0.5) is 5.82 Å². The number of rotatable bonds is 5. The monoisotopic (exact) mass is 339 g/mol. The summed E-state index contributed by atoms with van der Waals surface area (Å²) in [5.41, 5.74) is 1.69. The smallest absolute Gasteiger partial charge is 0.336 e. The Bertz CT molecular complexity index is 813. The topological polar surface area (TPSA) is 83.8 Å². The number of carboxylic acids is 1. The quantitative estimate of drug-likeness (QED) is 0.849. The minimum atomic E-state index is -0.975. The van der Waals surface area contributed by atoms with Gasteiger partial charge >= 0.3 is 5.97 Å². The zero-order valence-corrected chi connectivity index (χ0v) is 14.5. The molecule has 0 atom stereocenters. The fourth-order valence-electron chi connectivity index (χ4n) is 2.21. The molecule has 0 aliphatic carbocycles. The second kappa shape index (κ2) is 8.63. The number of benzene rings is 1. The molecule has 0 saturated carbocycles. The molecule has 0 spiro atoms. The number of nitrogens with one attached hydrogen (secondary N) is 1. The summed E-state index contributed by atoms with van der Waals surface area (Å²) in [5, 5.41) is 12.3. The van der Waals surface area contributed by atoms with Crippen LogP contribution in [-0.2, 0) is 0 Å². The Morgan fingerprint density at radius 3 is 2.76 bits per heavy atom. The van der Waals surface area contributed by atoms with Crippen molar-refractivity contribution < 1.29 is 14.6 Å². The Balaban J connectivity index is 0.00000109. The highest BCUT2D eigenvalue weighted by Crippen LogP contribution is 2.28. The van der Waals surface area contributed by atoms with Gasteiger partial charge in [-0.15, -0.1) is 0 Å². The van der Waals surface area contributed by atoms with Crippen LogP contribution in [0.15, 0.2) is 53.3 Å². The Kier molecular flexibility index (Phi) is 6.28. The molecule has 1 aromatic carbocycles. The average molecular weight is 339 g/mol. The summed E-state index contributed by atoms with van der Waals surface area (Å²) >= 11 is 0. The van der Waals surface area contributed by atoms with Gasteiger partial charge in [0.1, 0.15) is 17.3 Å². The van der Waals surface area contributed by atoms with Gasteiger partial charge in [0, 0.05) is 24.0 Å². The standard InChI is InChI=1S/C17H15N3O3.C2H6/c1-11-14(17(21)22)3-2-4-15(11)23-13-6-8-19-16(9-13)20-12-5-7-18-10-12;1-2/h2-6,8-10H,7H2,1H3,(H,19,20)(H,21,22);1-2H3. The fraction of sp³-hybridized carbons (Fsp3) is 0.211. The van der Waals surface area contributed by atoms with Crippen LogP contribution in [-0.4, -0.2) is 28.8 Å². The molecule has 1 aliphatic heterocycles. The largest absolute Gasteiger partial charge is 0.478 e. The van der Waals surface area contributed by atoms with Crippen molar-refractivity contribution in [2.24, 2.45) is 4.99 Å². The molecule has 3 rings (SSSR count). The van der Waals surface area contributed by atoms with Gasteiger partial charge in [0.15, 0.2) is 0 Å². The highest BCUT2D eigenvalue weighted by Gasteiger charge is 2.12. The zero-order valence-electron chi connectivity index (χ0n) is 14.5. The minimum absolute atomic E-state index is 0.224. The van der Waals surface area contributed by atoms with E-state index in [1.807, 2.05) is 19.9 Å². The molecule has 2 N–H and O–H groups in total. The van der Waals surface area contributed by atoms with E-state index in [1.54, 1.807) is 49.7 Å². The molecule has 0 amide bonds. The molecular weight excluding hydrogens is 318 g/mol. The number of hydrogen-bond donors (Lipinski definition) is 2. The van der Waals surface area contributed by atoms with Gasteiger partial charge in [-0.3, -0.25) is 4.99 Å². The first-order valence-electron chi connectivity index (χ1n) is 8.07. The molecule has 2 aromatic rings. The van der Waals surface area contributed by atoms with Crippen LogP contribution in [0.25, 0.3) is 0 Å². The molecule has 6 nitrogen and oxygen atoms in total. The molecule has 1 aliphatic rings. The third-order valence-electron chi connectivity index (χ3n) is 3.39. The number of ether oxygens (including phenoxy) is 1. The van der Waals surface area contributed by atoms with Crippen LogP contribution in [0.2, 0.25) is 0 Å². The van der Waals surface area contributed by atoms with Gasteiger partial charge in [0.2, 0.25) is 0 Å². The number of pyridine rings is 1. The van der Waals surface area contributed by atoms with Crippen molar-refractivity contribution in [1.82, 2.24) is 4.98 Å². The predicted molar refractivity (Wildman–Crippen MR) is 98.9 cm³/mol. The van der Waals surface area contributed by atoms with Crippen LogP contribution in [0.5, 0.6) is 11.5 Å². The van der Waals surface area contributed by atoms with E-state index in [0.29, 0.717) is 29.4 Å². The Labute approximate surface area is 146 Å². The molecule has 25 heavy (non-hydrogen) atoms. The van der Waals surface area contributed by atoms with Crippen LogP contribution >= 0.6 is 0 Å². The lowest BCUT2D eigenvalue weighted by atomic mass is 10.1. The van der Waals surface area contributed by atoms with Crippen molar-refractivity contribution in [3.05, 3.63) is 59.4 Å². The number of carboxylic acid groups (broad SMARTS) is 1. The molecule has 0 fully saturated rings. The second-order valence-corrected chi connectivity index (χ2v) is 4.99. The number of hydrogen-bond acceptors (Lipinski definition) is 5. The van der Waals surface area contributed by atoms with Gasteiger partial charge in [-0.05, 0) is 31.2 Å². The van der Waals surface area contributed by atoms with Gasteiger partial charge in [0.25, 0.3) is 0 Å². The molecule has 6 heteroatoms. The van der Waals surface area contributed by atoms with E-state index in [2.05, 4.69) is 15.3 Å². The lowest BCUT2D eigenvalue weighted by Crippen LogP contribution is -2.02. The molecule has 0 saturated heterocycles. The number of aliphatic imine (C=N–C) groups is 1. The third kappa shape index (κ3) is 4.67. The normalized spacial score (nSPS) is 12.0. The SMILES string of the molecule is CC.Cc1c(Oc2ccnc(NC3=CCN=C3)c2)cccc1C(=O)O. The van der Waals surface area contributed by atoms with Gasteiger partial charge in [-0.2, -0.15) is 0 Å². The molecule has 1 aromatic heterocycles. The number of carbonyl (C=O) groups is 1. The first-order valence-corrected chi connectivity index (χ1v) is 8.07. The average Bonchev–Trinajstić information content (AvgIpc) is 3.12. The number of aromatic nitrogens is 1. The fourth-order valence-corrected chi connectivity index (χ4v) is 2.21. The van der Waals surface area contributed by atoms with Crippen molar-refractivity contribution in [1.29, 1.82) is 0 Å². The summed E-state index contributed by atoms with van der Waals surface area (Å²) < 4.78 is 5.81. The molecule has 130 valence electrons. The van der Waals surface area contributed by atoms with Gasteiger partial charge in [-0.1, -0.05) is 19.9 Å². The summed E-state index contributed by atoms with van der Waals surface area (Å²) in [6, 6.07) is 8.42. The third-order valence-corrected chi connectivity index (χ3v) is 3.39. The van der Waals surface area contributed by atoms with Crippen LogP contribution in [0.1, 0.15) is 29.8 Å². The number of allylic oxidation sites excluding steroid dienone is 1. The molecule has 2 heterocycles. The van der Waals surface area contributed by atoms with E-state index in [0.717, 1.165) is 5.70 Å². The van der Waals surface area contributed by atoms with E-state index in [1.165, 1.54) is 0 Å². The lowest BCUT2D eigenvalue weighted by molar-refractivity contribution is 0.0695. The zero-order chi connectivity index (χ0) is 18.2. The van der Waals surface area contributed by atoms with Crippen molar-refractivity contribution >= 4 is 18.0 Å². The first-order chi connectivity index (χ1) is 12.1. The van der Waals surface area contributed by atoms with Gasteiger partial charge in [-0.25, -0.2) is 9.78 Å². The number of aromatic carboxylic acids is 1. The second-order valence-electron chi connectivity index (χ2n) is 4.99. The van der Waals surface area contributed by atoms with E-state index in [-0.39, 0.29) is 5.56 Å². The summed E-state index contributed by atoms with van der Waals surface area (Å²) in [7, 11) is 0. The number of anilines is 1. The van der Waals surface area contributed by atoms with Crippen LogP contribution in [0, 0.1) is 6.92 Å². The van der Waals surface area contributed by atoms with Crippen LogP contribution in [0.3, 0.4) is 0 Å². The maximum atomic E-state index is 11.2. The Morgan fingerprint density at radius 2 is 2.08 bits per heavy atom. The number of nitrogens with zero attached hydrogens (tertiary/aromatic N) is 2. The molecule has 0 bridgehead atoms. The van der Waals surface area contributed by atoms with Crippen molar-refractivity contribution in [3.63, 3.8) is 0 Å². The maximum absolute atomic E-state index is 11.2. The summed E-state index contributed by atoms with van der Waals surface area (Å²) in [4.78, 5) is 19.5. The summed E-state index contributed by atoms with van der Waals surface area (Å²) in [6.07, 6.45) is 5.33. The van der Waals surface area contributed by atoms with E-state index in [4.69, 9.17) is 9.84 Å². The molecule has 0 radical (unpaired) electrons. The molecular formula is C19H21N3O3. The Hall–Kier alpha value is -3.15. The highest BCUT2D eigenvalue weighted by molar-refractivity contribution is 5.90. The maximum Gasteiger partial charge on any atom is 0.336 e. The van der Waals surface area contributed by atoms with Gasteiger partial charge < -0.3 is 15.2 Å². The van der Waals surface area contributed by atoms with E-state index in [9.17, 15) is 4.79 Å². The van der Waals surface area contributed by atoms with Crippen molar-refractivity contribution in [3.8, 4) is 11.5 Å². The van der Waals surface area contributed by atoms with Crippen molar-refractivity contribution in [2.75, 3.05) is 11.9 Å². The van der Waals surface area contributed by atoms with Gasteiger partial charge in [0.05, 0.1) is 17.8 Å². The predicted octanol–water partition coefficient (Wildman–Crippen LogP) is 4.29. The van der Waals surface area contributed by atoms with E-state index < -0.39 is 5.97 Å². The van der Waals surface area contributed by atoms with Crippen LogP contribution < -0.4 is 10.1 Å². The first kappa shape index (κ1) is 18.2. The highest BCUT2D eigenvalue weighted by atomic mass is 16.5. The lowest BCUT2D eigenvalue weighted by Gasteiger charge is -2.11. The van der Waals surface area contributed by atoms with Crippen molar-refractivity contribution in [2.45, 2.75) is 20.8 Å². The summed E-state index contributed by atoms with van der Waals surface area (Å²) in [5.74, 6) is 0.735. The van der Waals surface area contributed by atoms with E-state index >= 15 is 0 Å².